The molecular formula is C12H14ClN3O2. The van der Waals surface area contributed by atoms with Gasteiger partial charge in [0.15, 0.2) is 0 Å². The topological polar surface area (TPSA) is 67.2 Å². The molecule has 0 atom stereocenters. The average Bonchev–Trinajstić information content (AvgIpc) is 2.83. The number of imidazole rings is 1. The van der Waals surface area contributed by atoms with E-state index in [0.717, 1.165) is 18.8 Å². The number of benzene rings is 1. The Morgan fingerprint density at radius 1 is 1.33 bits per heavy atom. The normalized spacial score (nSPS) is 9.56. The molecule has 0 spiro atoms. The summed E-state index contributed by atoms with van der Waals surface area (Å²) in [7, 11) is 0. The maximum atomic E-state index is 10.7. The Labute approximate surface area is 111 Å². The van der Waals surface area contributed by atoms with Crippen molar-refractivity contribution in [2.45, 2.75) is 6.54 Å². The Morgan fingerprint density at radius 3 is 2.61 bits per heavy atom. The summed E-state index contributed by atoms with van der Waals surface area (Å²) in [4.78, 5) is 14.6. The Hall–Kier alpha value is -2.01. The first-order valence-electron chi connectivity index (χ1n) is 5.29. The van der Waals surface area contributed by atoms with E-state index in [1.165, 1.54) is 0 Å². The van der Waals surface area contributed by atoms with E-state index in [2.05, 4.69) is 10.3 Å². The largest absolute Gasteiger partial charge is 0.478 e. The van der Waals surface area contributed by atoms with Crippen LogP contribution in [0.4, 0.5) is 5.69 Å². The minimum atomic E-state index is -0.907. The van der Waals surface area contributed by atoms with Crippen LogP contribution in [0, 0.1) is 0 Å². The lowest BCUT2D eigenvalue weighted by Gasteiger charge is -2.06. The maximum Gasteiger partial charge on any atom is 0.335 e. The third-order valence-electron chi connectivity index (χ3n) is 2.39. The van der Waals surface area contributed by atoms with Crippen molar-refractivity contribution in [2.24, 2.45) is 0 Å². The molecule has 1 heterocycles. The van der Waals surface area contributed by atoms with Gasteiger partial charge in [-0.25, -0.2) is 9.78 Å². The molecule has 2 N–H and O–H groups in total. The van der Waals surface area contributed by atoms with Crippen molar-refractivity contribution in [1.82, 2.24) is 9.55 Å². The highest BCUT2D eigenvalue weighted by Gasteiger charge is 2.00. The molecule has 0 aliphatic rings. The molecular weight excluding hydrogens is 254 g/mol. The second-order valence-corrected chi connectivity index (χ2v) is 3.61. The van der Waals surface area contributed by atoms with Gasteiger partial charge < -0.3 is 15.0 Å². The molecule has 0 aliphatic carbocycles. The standard InChI is InChI=1S/C12H13N3O2.ClH/c16-12(17)10-1-3-11(4-2-10)14-6-8-15-7-5-13-9-15;/h1-5,7,9,14H,6,8H2,(H,16,17);1H. The first-order valence-corrected chi connectivity index (χ1v) is 5.29. The summed E-state index contributed by atoms with van der Waals surface area (Å²) in [5.41, 5.74) is 1.21. The minimum absolute atomic E-state index is 0. The van der Waals surface area contributed by atoms with Crippen LogP contribution < -0.4 is 5.32 Å². The summed E-state index contributed by atoms with van der Waals surface area (Å²) in [6.45, 7) is 1.59. The van der Waals surface area contributed by atoms with Gasteiger partial charge in [-0.15, -0.1) is 12.4 Å². The number of nitrogens with zero attached hydrogens (tertiary/aromatic N) is 2. The van der Waals surface area contributed by atoms with Gasteiger partial charge in [0, 0.05) is 31.2 Å². The SMILES string of the molecule is Cl.O=C(O)c1ccc(NCCn2ccnc2)cc1. The second-order valence-electron chi connectivity index (χ2n) is 3.61. The molecule has 96 valence electrons. The van der Waals surface area contributed by atoms with Crippen molar-refractivity contribution in [3.63, 3.8) is 0 Å². The summed E-state index contributed by atoms with van der Waals surface area (Å²) in [5, 5.41) is 12.0. The lowest BCUT2D eigenvalue weighted by atomic mass is 10.2. The number of nitrogens with one attached hydrogen (secondary N) is 1. The fourth-order valence-corrected chi connectivity index (χ4v) is 1.48. The van der Waals surface area contributed by atoms with Crippen LogP contribution in [0.15, 0.2) is 43.0 Å². The summed E-state index contributed by atoms with van der Waals surface area (Å²) >= 11 is 0. The molecule has 2 rings (SSSR count). The van der Waals surface area contributed by atoms with Crippen LogP contribution in [0.2, 0.25) is 0 Å². The van der Waals surface area contributed by atoms with Crippen molar-refractivity contribution in [3.05, 3.63) is 48.5 Å². The van der Waals surface area contributed by atoms with E-state index in [0.29, 0.717) is 5.56 Å². The van der Waals surface area contributed by atoms with E-state index >= 15 is 0 Å². The van der Waals surface area contributed by atoms with Crippen molar-refractivity contribution < 1.29 is 9.90 Å². The molecule has 0 saturated heterocycles. The fraction of sp³-hybridized carbons (Fsp3) is 0.167. The van der Waals surface area contributed by atoms with E-state index in [4.69, 9.17) is 5.11 Å². The zero-order chi connectivity index (χ0) is 12.1. The van der Waals surface area contributed by atoms with Crippen molar-refractivity contribution >= 4 is 24.1 Å². The molecule has 0 aliphatic heterocycles. The molecule has 2 aromatic rings. The fourth-order valence-electron chi connectivity index (χ4n) is 1.48. The van der Waals surface area contributed by atoms with Crippen LogP contribution in [-0.2, 0) is 6.54 Å². The average molecular weight is 268 g/mol. The summed E-state index contributed by atoms with van der Waals surface area (Å²) in [6, 6.07) is 6.69. The number of carboxylic acids is 1. The highest BCUT2D eigenvalue weighted by molar-refractivity contribution is 5.88. The molecule has 18 heavy (non-hydrogen) atoms. The smallest absolute Gasteiger partial charge is 0.335 e. The van der Waals surface area contributed by atoms with Crippen molar-refractivity contribution in [1.29, 1.82) is 0 Å². The molecule has 6 heteroatoms. The third-order valence-corrected chi connectivity index (χ3v) is 2.39. The zero-order valence-electron chi connectivity index (χ0n) is 9.61. The number of aromatic carboxylic acids is 1. The highest BCUT2D eigenvalue weighted by Crippen LogP contribution is 2.09. The van der Waals surface area contributed by atoms with Crippen LogP contribution >= 0.6 is 12.4 Å². The summed E-state index contributed by atoms with van der Waals surface area (Å²) in [6.07, 6.45) is 5.39. The highest BCUT2D eigenvalue weighted by atomic mass is 35.5. The summed E-state index contributed by atoms with van der Waals surface area (Å²) < 4.78 is 1.97. The number of hydrogen-bond donors (Lipinski definition) is 2. The molecule has 1 aromatic carbocycles. The van der Waals surface area contributed by atoms with Gasteiger partial charge in [-0.05, 0) is 24.3 Å². The number of carbonyl (C=O) groups is 1. The van der Waals surface area contributed by atoms with Gasteiger partial charge in [-0.3, -0.25) is 0 Å². The van der Waals surface area contributed by atoms with Gasteiger partial charge in [-0.1, -0.05) is 0 Å². The molecule has 0 unspecified atom stereocenters. The zero-order valence-corrected chi connectivity index (χ0v) is 10.4. The number of halogens is 1. The molecule has 0 radical (unpaired) electrons. The van der Waals surface area contributed by atoms with Gasteiger partial charge in [0.2, 0.25) is 0 Å². The van der Waals surface area contributed by atoms with E-state index in [1.807, 2.05) is 10.8 Å². The first kappa shape index (κ1) is 14.1. The van der Waals surface area contributed by atoms with Crippen molar-refractivity contribution in [3.8, 4) is 0 Å². The van der Waals surface area contributed by atoms with E-state index in [1.54, 1.807) is 36.8 Å². The van der Waals surface area contributed by atoms with E-state index < -0.39 is 5.97 Å². The summed E-state index contributed by atoms with van der Waals surface area (Å²) in [5.74, 6) is -0.907. The van der Waals surface area contributed by atoms with Gasteiger partial charge in [0.25, 0.3) is 0 Å². The molecule has 5 nitrogen and oxygen atoms in total. The second kappa shape index (κ2) is 6.66. The maximum absolute atomic E-state index is 10.7. The van der Waals surface area contributed by atoms with Gasteiger partial charge >= 0.3 is 5.97 Å². The molecule has 0 saturated carbocycles. The van der Waals surface area contributed by atoms with Crippen LogP contribution in [-0.4, -0.2) is 27.2 Å². The van der Waals surface area contributed by atoms with Crippen LogP contribution in [0.3, 0.4) is 0 Å². The number of hydrogen-bond acceptors (Lipinski definition) is 3. The van der Waals surface area contributed by atoms with Crippen molar-refractivity contribution in [2.75, 3.05) is 11.9 Å². The lowest BCUT2D eigenvalue weighted by Crippen LogP contribution is -2.09. The van der Waals surface area contributed by atoms with Crippen LogP contribution in [0.5, 0.6) is 0 Å². The molecule has 0 amide bonds. The lowest BCUT2D eigenvalue weighted by molar-refractivity contribution is 0.0697. The number of anilines is 1. The first-order chi connectivity index (χ1) is 8.25. The van der Waals surface area contributed by atoms with E-state index in [9.17, 15) is 4.79 Å². The predicted molar refractivity (Wildman–Crippen MR) is 71.4 cm³/mol. The van der Waals surface area contributed by atoms with Gasteiger partial charge in [-0.2, -0.15) is 0 Å². The minimum Gasteiger partial charge on any atom is -0.478 e. The van der Waals surface area contributed by atoms with Crippen LogP contribution in [0.1, 0.15) is 10.4 Å². The Balaban J connectivity index is 0.00000162. The third kappa shape index (κ3) is 3.78. The number of aromatic nitrogens is 2. The number of rotatable bonds is 5. The molecule has 0 fully saturated rings. The van der Waals surface area contributed by atoms with Gasteiger partial charge in [0.1, 0.15) is 0 Å². The number of carboxylic acid groups (broad SMARTS) is 1. The Kier molecular flexibility index (Phi) is 5.20. The quantitative estimate of drug-likeness (QED) is 0.871. The van der Waals surface area contributed by atoms with Crippen LogP contribution in [0.25, 0.3) is 0 Å². The molecule has 1 aromatic heterocycles. The Morgan fingerprint density at radius 2 is 2.06 bits per heavy atom. The molecule has 0 bridgehead atoms. The Bertz CT molecular complexity index is 483. The monoisotopic (exact) mass is 267 g/mol. The van der Waals surface area contributed by atoms with E-state index in [-0.39, 0.29) is 12.4 Å². The van der Waals surface area contributed by atoms with Gasteiger partial charge in [0.05, 0.1) is 11.9 Å². The predicted octanol–water partition coefficient (Wildman–Crippen LogP) is 2.12.